The van der Waals surface area contributed by atoms with Gasteiger partial charge in [0.05, 0.1) is 6.42 Å². The number of carbonyl (C=O) groups excluding carboxylic acids is 3. The normalized spacial score (nSPS) is 18.6. The summed E-state index contributed by atoms with van der Waals surface area (Å²) in [6.07, 6.45) is -0.783. The Hall–Kier alpha value is -0.760. The van der Waals surface area contributed by atoms with Gasteiger partial charge in [-0.1, -0.05) is 34.8 Å². The van der Waals surface area contributed by atoms with Gasteiger partial charge in [-0.2, -0.15) is 0 Å². The molecular formula is C15H23Cl3N2O5. The zero-order valence-electron chi connectivity index (χ0n) is 14.4. The van der Waals surface area contributed by atoms with E-state index >= 15 is 0 Å². The molecule has 1 heterocycles. The van der Waals surface area contributed by atoms with E-state index in [9.17, 15) is 14.4 Å². The summed E-state index contributed by atoms with van der Waals surface area (Å²) >= 11 is 16.5. The third kappa shape index (κ3) is 8.94. The Morgan fingerprint density at radius 3 is 2.36 bits per heavy atom. The van der Waals surface area contributed by atoms with Crippen LogP contribution in [0.5, 0.6) is 0 Å². The van der Waals surface area contributed by atoms with Crippen LogP contribution in [0.25, 0.3) is 0 Å². The molecule has 0 saturated carbocycles. The molecule has 1 atom stereocenters. The van der Waals surface area contributed by atoms with Gasteiger partial charge in [-0.3, -0.25) is 14.5 Å². The number of halogens is 3. The van der Waals surface area contributed by atoms with Gasteiger partial charge in [0.1, 0.15) is 18.2 Å². The van der Waals surface area contributed by atoms with Gasteiger partial charge in [0, 0.05) is 26.1 Å². The molecule has 144 valence electrons. The number of nitrogens with zero attached hydrogens (tertiary/aromatic N) is 1. The van der Waals surface area contributed by atoms with E-state index < -0.39 is 27.5 Å². The first-order valence-electron chi connectivity index (χ1n) is 7.84. The highest BCUT2D eigenvalue weighted by Gasteiger charge is 2.34. The smallest absolute Gasteiger partial charge is 0.410 e. The van der Waals surface area contributed by atoms with Crippen molar-refractivity contribution in [2.24, 2.45) is 0 Å². The lowest BCUT2D eigenvalue weighted by molar-refractivity contribution is -0.145. The van der Waals surface area contributed by atoms with Crippen LogP contribution in [0.2, 0.25) is 0 Å². The standard InChI is InChI=1S/C15H23Cl3N2O5/c1-14(2,3)25-13(23)20-7-6-19-8-10(20)11(21)4-5-12(22)24-9-15(16,17)18/h10,19H,4-9H2,1-3H3/t10-/m0/s1. The molecule has 10 heteroatoms. The fourth-order valence-corrected chi connectivity index (χ4v) is 2.32. The van der Waals surface area contributed by atoms with Crippen molar-refractivity contribution < 1.29 is 23.9 Å². The molecule has 0 aromatic carbocycles. The van der Waals surface area contributed by atoms with Crippen molar-refractivity contribution in [3.63, 3.8) is 0 Å². The van der Waals surface area contributed by atoms with Gasteiger partial charge in [0.2, 0.25) is 3.79 Å². The van der Waals surface area contributed by atoms with Crippen molar-refractivity contribution in [1.29, 1.82) is 0 Å². The van der Waals surface area contributed by atoms with Crippen LogP contribution in [0, 0.1) is 0 Å². The Labute approximate surface area is 162 Å². The molecule has 0 spiro atoms. The molecule has 0 aromatic heterocycles. The summed E-state index contributed by atoms with van der Waals surface area (Å²) in [5.41, 5.74) is -0.656. The SMILES string of the molecule is CC(C)(C)OC(=O)N1CCNC[C@H]1C(=O)CCC(=O)OCC(Cl)(Cl)Cl. The van der Waals surface area contributed by atoms with E-state index in [2.05, 4.69) is 5.32 Å². The maximum atomic E-state index is 12.4. The molecular weight excluding hydrogens is 395 g/mol. The topological polar surface area (TPSA) is 84.9 Å². The number of Topliss-reactive ketones (excluding diaryl/α,β-unsaturated/α-hetero) is 1. The third-order valence-corrected chi connectivity index (χ3v) is 3.54. The number of amides is 1. The Balaban J connectivity index is 2.56. The summed E-state index contributed by atoms with van der Waals surface area (Å²) < 4.78 is 8.41. The van der Waals surface area contributed by atoms with E-state index in [0.717, 1.165) is 0 Å². The molecule has 1 N–H and O–H groups in total. The summed E-state index contributed by atoms with van der Waals surface area (Å²) in [5.74, 6) is -0.906. The highest BCUT2D eigenvalue weighted by Crippen LogP contribution is 2.26. The molecule has 0 aromatic rings. The number of hydrogen-bond acceptors (Lipinski definition) is 6. The second kappa shape index (κ2) is 9.26. The quantitative estimate of drug-likeness (QED) is 0.546. The van der Waals surface area contributed by atoms with Crippen LogP contribution in [-0.4, -0.2) is 64.4 Å². The Morgan fingerprint density at radius 1 is 1.16 bits per heavy atom. The number of piperazine rings is 1. The first kappa shape index (κ1) is 22.3. The van der Waals surface area contributed by atoms with Crippen molar-refractivity contribution in [1.82, 2.24) is 10.2 Å². The van der Waals surface area contributed by atoms with Gasteiger partial charge in [0.25, 0.3) is 0 Å². The van der Waals surface area contributed by atoms with Crippen molar-refractivity contribution in [3.05, 3.63) is 0 Å². The van der Waals surface area contributed by atoms with Gasteiger partial charge in [0.15, 0.2) is 5.78 Å². The predicted octanol–water partition coefficient (Wildman–Crippen LogP) is 2.46. The molecule has 1 fully saturated rings. The maximum absolute atomic E-state index is 12.4. The predicted molar refractivity (Wildman–Crippen MR) is 95.1 cm³/mol. The number of hydrogen-bond donors (Lipinski definition) is 1. The van der Waals surface area contributed by atoms with E-state index in [1.807, 2.05) is 0 Å². The molecule has 1 saturated heterocycles. The number of ether oxygens (including phenoxy) is 2. The molecule has 0 bridgehead atoms. The third-order valence-electron chi connectivity index (χ3n) is 3.22. The van der Waals surface area contributed by atoms with Crippen molar-refractivity contribution in [3.8, 4) is 0 Å². The number of rotatable bonds is 5. The lowest BCUT2D eigenvalue weighted by atomic mass is 10.0. The first-order valence-corrected chi connectivity index (χ1v) is 8.98. The minimum atomic E-state index is -1.69. The summed E-state index contributed by atoms with van der Waals surface area (Å²) in [6.45, 7) is 6.10. The molecule has 1 aliphatic heterocycles. The van der Waals surface area contributed by atoms with E-state index in [1.54, 1.807) is 20.8 Å². The van der Waals surface area contributed by atoms with Gasteiger partial charge >= 0.3 is 12.1 Å². The van der Waals surface area contributed by atoms with Crippen molar-refractivity contribution in [2.75, 3.05) is 26.2 Å². The maximum Gasteiger partial charge on any atom is 0.410 e. The second-order valence-electron chi connectivity index (χ2n) is 6.64. The fourth-order valence-electron chi connectivity index (χ4n) is 2.16. The molecule has 25 heavy (non-hydrogen) atoms. The zero-order chi connectivity index (χ0) is 19.3. The fraction of sp³-hybridized carbons (Fsp3) is 0.800. The van der Waals surface area contributed by atoms with E-state index in [-0.39, 0.29) is 25.2 Å². The van der Waals surface area contributed by atoms with Crippen LogP contribution in [0.4, 0.5) is 4.79 Å². The molecule has 1 amide bonds. The minimum absolute atomic E-state index is 0.0790. The van der Waals surface area contributed by atoms with Crippen LogP contribution in [0.1, 0.15) is 33.6 Å². The Morgan fingerprint density at radius 2 is 1.80 bits per heavy atom. The second-order valence-corrected chi connectivity index (χ2v) is 9.15. The molecule has 0 unspecified atom stereocenters. The largest absolute Gasteiger partial charge is 0.461 e. The summed E-state index contributed by atoms with van der Waals surface area (Å²) in [4.78, 5) is 37.7. The lowest BCUT2D eigenvalue weighted by Gasteiger charge is -2.36. The van der Waals surface area contributed by atoms with Crippen molar-refractivity contribution >= 4 is 52.6 Å². The number of alkyl halides is 3. The number of nitrogens with one attached hydrogen (secondary N) is 1. The Bertz CT molecular complexity index is 502. The summed E-state index contributed by atoms with van der Waals surface area (Å²) in [5, 5.41) is 3.06. The monoisotopic (exact) mass is 416 g/mol. The van der Waals surface area contributed by atoms with Crippen LogP contribution < -0.4 is 5.32 Å². The van der Waals surface area contributed by atoms with Gasteiger partial charge in [-0.15, -0.1) is 0 Å². The van der Waals surface area contributed by atoms with Crippen LogP contribution >= 0.6 is 34.8 Å². The lowest BCUT2D eigenvalue weighted by Crippen LogP contribution is -2.57. The minimum Gasteiger partial charge on any atom is -0.461 e. The molecule has 0 aliphatic carbocycles. The summed E-state index contributed by atoms with van der Waals surface area (Å²) in [6, 6.07) is -0.690. The average Bonchev–Trinajstić information content (AvgIpc) is 2.48. The van der Waals surface area contributed by atoms with Gasteiger partial charge < -0.3 is 14.8 Å². The highest BCUT2D eigenvalue weighted by atomic mass is 35.6. The number of carbonyl (C=O) groups is 3. The van der Waals surface area contributed by atoms with Crippen LogP contribution in [0.15, 0.2) is 0 Å². The summed E-state index contributed by atoms with van der Waals surface area (Å²) in [7, 11) is 0. The molecule has 1 aliphatic rings. The molecule has 1 rings (SSSR count). The van der Waals surface area contributed by atoms with Crippen molar-refractivity contribution in [2.45, 2.75) is 49.0 Å². The van der Waals surface area contributed by atoms with Gasteiger partial charge in [-0.25, -0.2) is 4.79 Å². The van der Waals surface area contributed by atoms with Crippen LogP contribution in [-0.2, 0) is 19.1 Å². The average molecular weight is 418 g/mol. The molecule has 0 radical (unpaired) electrons. The zero-order valence-corrected chi connectivity index (χ0v) is 16.7. The Kier molecular flexibility index (Phi) is 8.25. The van der Waals surface area contributed by atoms with E-state index in [1.165, 1.54) is 4.90 Å². The van der Waals surface area contributed by atoms with Crippen LogP contribution in [0.3, 0.4) is 0 Å². The molecule has 7 nitrogen and oxygen atoms in total. The van der Waals surface area contributed by atoms with E-state index in [4.69, 9.17) is 44.3 Å². The number of ketones is 1. The van der Waals surface area contributed by atoms with Gasteiger partial charge in [-0.05, 0) is 20.8 Å². The first-order chi connectivity index (χ1) is 11.4. The number of esters is 1. The highest BCUT2D eigenvalue weighted by molar-refractivity contribution is 6.67. The van der Waals surface area contributed by atoms with E-state index in [0.29, 0.717) is 19.6 Å².